The molecule has 1 heterocycles. The van der Waals surface area contributed by atoms with E-state index in [1.807, 2.05) is 13.8 Å². The third kappa shape index (κ3) is 2.73. The smallest absolute Gasteiger partial charge is 0.320 e. The van der Waals surface area contributed by atoms with E-state index in [0.29, 0.717) is 32.0 Å². The molecule has 0 aromatic carbocycles. The van der Waals surface area contributed by atoms with E-state index in [-0.39, 0.29) is 23.6 Å². The highest BCUT2D eigenvalue weighted by molar-refractivity contribution is 5.96. The van der Waals surface area contributed by atoms with E-state index in [2.05, 4.69) is 0 Å². The molecule has 0 saturated carbocycles. The van der Waals surface area contributed by atoms with Gasteiger partial charge in [-0.2, -0.15) is 0 Å². The minimum atomic E-state index is -1.04. The van der Waals surface area contributed by atoms with Crippen molar-refractivity contribution in [2.75, 3.05) is 13.2 Å². The Balaban J connectivity index is 2.05. The number of esters is 1. The molecule has 0 bridgehead atoms. The van der Waals surface area contributed by atoms with Crippen molar-refractivity contribution in [3.05, 3.63) is 11.8 Å². The lowest BCUT2D eigenvalue weighted by molar-refractivity contribution is -0.151. The Morgan fingerprint density at radius 1 is 1.45 bits per heavy atom. The van der Waals surface area contributed by atoms with Gasteiger partial charge in [-0.15, -0.1) is 0 Å². The first-order chi connectivity index (χ1) is 9.35. The van der Waals surface area contributed by atoms with E-state index >= 15 is 0 Å². The van der Waals surface area contributed by atoms with Crippen LogP contribution in [-0.4, -0.2) is 36.2 Å². The summed E-state index contributed by atoms with van der Waals surface area (Å²) in [5, 5.41) is 10.0. The number of carbonyl (C=O) groups is 2. The number of cyclic esters (lactones) is 1. The topological polar surface area (TPSA) is 72.8 Å². The van der Waals surface area contributed by atoms with Gasteiger partial charge in [-0.05, 0) is 12.3 Å². The minimum absolute atomic E-state index is 0.138. The van der Waals surface area contributed by atoms with Gasteiger partial charge in [-0.1, -0.05) is 20.8 Å². The van der Waals surface area contributed by atoms with Crippen LogP contribution in [0.4, 0.5) is 0 Å². The van der Waals surface area contributed by atoms with Gasteiger partial charge in [-0.25, -0.2) is 0 Å². The molecule has 1 spiro atoms. The summed E-state index contributed by atoms with van der Waals surface area (Å²) in [6.45, 7) is 6.80. The SMILES string of the molecule is CC(C)COCC1CC2(CC(C)C(=O)C=C2O)C(=O)O1. The molecule has 0 amide bonds. The minimum Gasteiger partial charge on any atom is -0.511 e. The first-order valence-corrected chi connectivity index (χ1v) is 7.09. The Bertz CT molecular complexity index is 440. The summed E-state index contributed by atoms with van der Waals surface area (Å²) < 4.78 is 10.8. The largest absolute Gasteiger partial charge is 0.511 e. The Morgan fingerprint density at radius 3 is 2.80 bits per heavy atom. The quantitative estimate of drug-likeness (QED) is 0.798. The first-order valence-electron chi connectivity index (χ1n) is 7.09. The molecule has 2 rings (SSSR count). The zero-order chi connectivity index (χ0) is 14.9. The van der Waals surface area contributed by atoms with Gasteiger partial charge in [0.15, 0.2) is 5.78 Å². The van der Waals surface area contributed by atoms with Crippen molar-refractivity contribution in [2.45, 2.75) is 39.7 Å². The summed E-state index contributed by atoms with van der Waals surface area (Å²) in [7, 11) is 0. The van der Waals surface area contributed by atoms with Crippen molar-refractivity contribution < 1.29 is 24.2 Å². The van der Waals surface area contributed by atoms with Gasteiger partial charge in [0.05, 0.1) is 6.61 Å². The van der Waals surface area contributed by atoms with E-state index in [1.165, 1.54) is 6.08 Å². The van der Waals surface area contributed by atoms with Crippen molar-refractivity contribution in [1.29, 1.82) is 0 Å². The van der Waals surface area contributed by atoms with E-state index in [0.717, 1.165) is 0 Å². The second kappa shape index (κ2) is 5.56. The van der Waals surface area contributed by atoms with Gasteiger partial charge < -0.3 is 14.6 Å². The molecule has 1 fully saturated rings. The summed E-state index contributed by atoms with van der Waals surface area (Å²) in [5.74, 6) is -0.586. The summed E-state index contributed by atoms with van der Waals surface area (Å²) >= 11 is 0. The third-order valence-corrected chi connectivity index (χ3v) is 3.91. The van der Waals surface area contributed by atoms with Crippen LogP contribution < -0.4 is 0 Å². The average Bonchev–Trinajstić information content (AvgIpc) is 2.64. The van der Waals surface area contributed by atoms with Crippen LogP contribution in [-0.2, 0) is 19.1 Å². The van der Waals surface area contributed by atoms with Crippen molar-refractivity contribution in [3.8, 4) is 0 Å². The van der Waals surface area contributed by atoms with E-state index < -0.39 is 11.4 Å². The van der Waals surface area contributed by atoms with E-state index in [1.54, 1.807) is 6.92 Å². The lowest BCUT2D eigenvalue weighted by Crippen LogP contribution is -2.37. The highest BCUT2D eigenvalue weighted by atomic mass is 16.6. The highest BCUT2D eigenvalue weighted by Crippen LogP contribution is 2.47. The van der Waals surface area contributed by atoms with Crippen LogP contribution in [0.1, 0.15) is 33.6 Å². The van der Waals surface area contributed by atoms with Crippen LogP contribution in [0.3, 0.4) is 0 Å². The molecule has 0 radical (unpaired) electrons. The second-order valence-corrected chi connectivity index (χ2v) is 6.28. The molecule has 0 aromatic rings. The number of allylic oxidation sites excluding steroid dienone is 1. The number of aliphatic hydroxyl groups is 1. The van der Waals surface area contributed by atoms with Crippen LogP contribution in [0.15, 0.2) is 11.8 Å². The standard InChI is InChI=1S/C15H22O5/c1-9(2)7-19-8-11-6-15(14(18)20-11)5-10(3)12(16)4-13(15)17/h4,9-11,17H,5-8H2,1-3H3. The summed E-state index contributed by atoms with van der Waals surface area (Å²) in [6, 6.07) is 0. The molecule has 112 valence electrons. The average molecular weight is 282 g/mol. The number of hydrogen-bond donors (Lipinski definition) is 1. The van der Waals surface area contributed by atoms with Gasteiger partial charge in [0.1, 0.15) is 17.3 Å². The number of carbonyl (C=O) groups excluding carboxylic acids is 2. The fraction of sp³-hybridized carbons (Fsp3) is 0.733. The molecule has 1 aliphatic heterocycles. The molecule has 1 aliphatic carbocycles. The summed E-state index contributed by atoms with van der Waals surface area (Å²) in [4.78, 5) is 23.7. The molecule has 20 heavy (non-hydrogen) atoms. The molecule has 3 unspecified atom stereocenters. The number of ketones is 1. The molecule has 1 N–H and O–H groups in total. The van der Waals surface area contributed by atoms with Crippen LogP contribution in [0.25, 0.3) is 0 Å². The summed E-state index contributed by atoms with van der Waals surface area (Å²) in [6.07, 6.45) is 1.52. The number of aliphatic hydroxyl groups excluding tert-OH is 1. The van der Waals surface area contributed by atoms with Crippen molar-refractivity contribution in [1.82, 2.24) is 0 Å². The fourth-order valence-electron chi connectivity index (χ4n) is 2.82. The first kappa shape index (κ1) is 15.0. The number of hydrogen-bond acceptors (Lipinski definition) is 5. The fourth-order valence-corrected chi connectivity index (χ4v) is 2.82. The molecular weight excluding hydrogens is 260 g/mol. The van der Waals surface area contributed by atoms with Gasteiger partial charge >= 0.3 is 5.97 Å². The highest BCUT2D eigenvalue weighted by Gasteiger charge is 2.55. The van der Waals surface area contributed by atoms with Crippen LogP contribution >= 0.6 is 0 Å². The van der Waals surface area contributed by atoms with Crippen molar-refractivity contribution >= 4 is 11.8 Å². The van der Waals surface area contributed by atoms with Gasteiger partial charge in [0.2, 0.25) is 0 Å². The number of ether oxygens (including phenoxy) is 2. The maximum Gasteiger partial charge on any atom is 0.320 e. The normalized spacial score (nSPS) is 33.7. The molecule has 1 saturated heterocycles. The van der Waals surface area contributed by atoms with Gasteiger partial charge in [-0.3, -0.25) is 9.59 Å². The molecular formula is C15H22O5. The Kier molecular flexibility index (Phi) is 4.18. The summed E-state index contributed by atoms with van der Waals surface area (Å²) in [5.41, 5.74) is -1.04. The lowest BCUT2D eigenvalue weighted by atomic mass is 9.71. The maximum atomic E-state index is 12.1. The van der Waals surface area contributed by atoms with Crippen LogP contribution in [0.2, 0.25) is 0 Å². The van der Waals surface area contributed by atoms with Crippen LogP contribution in [0.5, 0.6) is 0 Å². The third-order valence-electron chi connectivity index (χ3n) is 3.91. The zero-order valence-corrected chi connectivity index (χ0v) is 12.2. The predicted molar refractivity (Wildman–Crippen MR) is 72.1 cm³/mol. The Morgan fingerprint density at radius 2 is 2.15 bits per heavy atom. The molecule has 2 aliphatic rings. The van der Waals surface area contributed by atoms with Gasteiger partial charge in [0.25, 0.3) is 0 Å². The monoisotopic (exact) mass is 282 g/mol. The van der Waals surface area contributed by atoms with Gasteiger partial charge in [0, 0.05) is 25.0 Å². The predicted octanol–water partition coefficient (Wildman–Crippen LogP) is 2.01. The Labute approximate surface area is 118 Å². The van der Waals surface area contributed by atoms with Crippen molar-refractivity contribution in [3.63, 3.8) is 0 Å². The van der Waals surface area contributed by atoms with Crippen molar-refractivity contribution in [2.24, 2.45) is 17.3 Å². The molecule has 3 atom stereocenters. The van der Waals surface area contributed by atoms with Crippen LogP contribution in [0, 0.1) is 17.3 Å². The molecule has 0 aromatic heterocycles. The van der Waals surface area contributed by atoms with E-state index in [4.69, 9.17) is 9.47 Å². The molecule has 5 nitrogen and oxygen atoms in total. The van der Waals surface area contributed by atoms with E-state index in [9.17, 15) is 14.7 Å². The second-order valence-electron chi connectivity index (χ2n) is 6.28. The number of rotatable bonds is 4. The maximum absolute atomic E-state index is 12.1. The lowest BCUT2D eigenvalue weighted by Gasteiger charge is -2.30. The Hall–Kier alpha value is -1.36. The zero-order valence-electron chi connectivity index (χ0n) is 12.2. The molecule has 5 heteroatoms.